The van der Waals surface area contributed by atoms with Gasteiger partial charge in [-0.1, -0.05) is 36.0 Å². The van der Waals surface area contributed by atoms with Gasteiger partial charge in [0.05, 0.1) is 0 Å². The standard InChI is InChI=1S/C19H18N2O4S/c1-14(22)20-15-6-5-7-16(12-15)21-18(23)13-25-19(24)10-11-26-17-8-3-2-4-9-17/h2-12H,13H2,1H3,(H,20,22)(H,21,23)/b11-10+. The Kier molecular flexibility index (Phi) is 7.45. The lowest BCUT2D eigenvalue weighted by Gasteiger charge is -2.07. The maximum Gasteiger partial charge on any atom is 0.331 e. The molecule has 0 aliphatic heterocycles. The molecule has 2 N–H and O–H groups in total. The summed E-state index contributed by atoms with van der Waals surface area (Å²) in [7, 11) is 0. The number of amides is 2. The van der Waals surface area contributed by atoms with Gasteiger partial charge in [-0.15, -0.1) is 0 Å². The zero-order chi connectivity index (χ0) is 18.8. The minimum Gasteiger partial charge on any atom is -0.452 e. The molecule has 0 aliphatic carbocycles. The van der Waals surface area contributed by atoms with Crippen molar-refractivity contribution in [2.24, 2.45) is 0 Å². The fourth-order valence-electron chi connectivity index (χ4n) is 1.93. The zero-order valence-corrected chi connectivity index (χ0v) is 14.9. The second-order valence-corrected chi connectivity index (χ2v) is 6.13. The van der Waals surface area contributed by atoms with Gasteiger partial charge in [-0.2, -0.15) is 0 Å². The average molecular weight is 370 g/mol. The first-order chi connectivity index (χ1) is 12.5. The maximum absolute atomic E-state index is 11.8. The molecule has 0 saturated carbocycles. The highest BCUT2D eigenvalue weighted by atomic mass is 32.2. The molecule has 0 unspecified atom stereocenters. The molecular formula is C19H18N2O4S. The van der Waals surface area contributed by atoms with Crippen LogP contribution in [-0.4, -0.2) is 24.4 Å². The number of hydrogen-bond donors (Lipinski definition) is 2. The highest BCUT2D eigenvalue weighted by Gasteiger charge is 2.06. The second kappa shape index (κ2) is 10.0. The quantitative estimate of drug-likeness (QED) is 0.443. The fourth-order valence-corrected chi connectivity index (χ4v) is 2.58. The summed E-state index contributed by atoms with van der Waals surface area (Å²) in [5.74, 6) is -1.28. The number of esters is 1. The molecule has 26 heavy (non-hydrogen) atoms. The third kappa shape index (κ3) is 7.23. The van der Waals surface area contributed by atoms with E-state index in [-0.39, 0.29) is 5.91 Å². The van der Waals surface area contributed by atoms with Gasteiger partial charge in [0.15, 0.2) is 6.61 Å². The summed E-state index contributed by atoms with van der Waals surface area (Å²) in [5.41, 5.74) is 1.06. The van der Waals surface area contributed by atoms with Crippen LogP contribution in [0.1, 0.15) is 6.92 Å². The summed E-state index contributed by atoms with van der Waals surface area (Å²) < 4.78 is 4.89. The summed E-state index contributed by atoms with van der Waals surface area (Å²) in [6.45, 7) is 0.998. The molecule has 0 aliphatic rings. The van der Waals surface area contributed by atoms with Crippen LogP contribution in [0.25, 0.3) is 0 Å². The van der Waals surface area contributed by atoms with Crippen LogP contribution in [0.5, 0.6) is 0 Å². The minimum atomic E-state index is -0.601. The Morgan fingerprint density at radius 3 is 2.38 bits per heavy atom. The third-order valence-corrected chi connectivity index (χ3v) is 3.78. The molecule has 0 fully saturated rings. The second-order valence-electron chi connectivity index (χ2n) is 5.15. The van der Waals surface area contributed by atoms with Crippen LogP contribution in [-0.2, 0) is 19.1 Å². The van der Waals surface area contributed by atoms with Gasteiger partial charge < -0.3 is 15.4 Å². The van der Waals surface area contributed by atoms with Gasteiger partial charge in [-0.05, 0) is 35.7 Å². The van der Waals surface area contributed by atoms with Crippen LogP contribution < -0.4 is 10.6 Å². The van der Waals surface area contributed by atoms with Crippen molar-refractivity contribution in [3.63, 3.8) is 0 Å². The lowest BCUT2D eigenvalue weighted by atomic mass is 10.2. The van der Waals surface area contributed by atoms with E-state index < -0.39 is 18.5 Å². The first kappa shape index (κ1) is 19.3. The first-order valence-corrected chi connectivity index (χ1v) is 8.63. The Labute approximate surface area is 155 Å². The van der Waals surface area contributed by atoms with Crippen LogP contribution >= 0.6 is 11.8 Å². The predicted molar refractivity (Wildman–Crippen MR) is 102 cm³/mol. The number of nitrogens with one attached hydrogen (secondary N) is 2. The molecule has 2 amide bonds. The average Bonchev–Trinajstić information content (AvgIpc) is 2.61. The molecule has 0 aromatic heterocycles. The molecule has 2 aromatic rings. The van der Waals surface area contributed by atoms with Crippen molar-refractivity contribution in [1.29, 1.82) is 0 Å². The van der Waals surface area contributed by atoms with Crippen LogP contribution in [0.4, 0.5) is 11.4 Å². The van der Waals surface area contributed by atoms with Gasteiger partial charge in [0.1, 0.15) is 0 Å². The molecular weight excluding hydrogens is 352 g/mol. The molecule has 2 rings (SSSR count). The van der Waals surface area contributed by atoms with Crippen LogP contribution in [0, 0.1) is 0 Å². The molecule has 0 saturated heterocycles. The van der Waals surface area contributed by atoms with E-state index in [0.29, 0.717) is 11.4 Å². The number of carbonyl (C=O) groups excluding carboxylic acids is 3. The topological polar surface area (TPSA) is 84.5 Å². The largest absolute Gasteiger partial charge is 0.452 e. The molecule has 0 spiro atoms. The Morgan fingerprint density at radius 1 is 1.00 bits per heavy atom. The van der Waals surface area contributed by atoms with E-state index in [1.807, 2.05) is 30.3 Å². The van der Waals surface area contributed by atoms with E-state index in [0.717, 1.165) is 4.90 Å². The Hall–Kier alpha value is -3.06. The maximum atomic E-state index is 11.8. The Balaban J connectivity index is 1.76. The van der Waals surface area contributed by atoms with Crippen LogP contribution in [0.3, 0.4) is 0 Å². The normalized spacial score (nSPS) is 10.3. The molecule has 134 valence electrons. The zero-order valence-electron chi connectivity index (χ0n) is 14.1. The highest BCUT2D eigenvalue weighted by Crippen LogP contribution is 2.18. The fraction of sp³-hybridized carbons (Fsp3) is 0.105. The van der Waals surface area contributed by atoms with E-state index in [1.165, 1.54) is 24.8 Å². The van der Waals surface area contributed by atoms with Gasteiger partial charge >= 0.3 is 5.97 Å². The van der Waals surface area contributed by atoms with Gasteiger partial charge in [0.2, 0.25) is 5.91 Å². The van der Waals surface area contributed by atoms with E-state index in [9.17, 15) is 14.4 Å². The molecule has 7 heteroatoms. The molecule has 0 radical (unpaired) electrons. The van der Waals surface area contributed by atoms with Crippen LogP contribution in [0.2, 0.25) is 0 Å². The smallest absolute Gasteiger partial charge is 0.331 e. The van der Waals surface area contributed by atoms with Crippen molar-refractivity contribution in [2.45, 2.75) is 11.8 Å². The molecule has 0 atom stereocenters. The molecule has 0 bridgehead atoms. The number of thioether (sulfide) groups is 1. The van der Waals surface area contributed by atoms with E-state index >= 15 is 0 Å². The summed E-state index contributed by atoms with van der Waals surface area (Å²) in [4.78, 5) is 35.5. The number of benzene rings is 2. The lowest BCUT2D eigenvalue weighted by molar-refractivity contribution is -0.142. The lowest BCUT2D eigenvalue weighted by Crippen LogP contribution is -2.20. The highest BCUT2D eigenvalue weighted by molar-refractivity contribution is 8.02. The van der Waals surface area contributed by atoms with Crippen molar-refractivity contribution >= 4 is 40.9 Å². The van der Waals surface area contributed by atoms with E-state index in [1.54, 1.807) is 29.7 Å². The predicted octanol–water partition coefficient (Wildman–Crippen LogP) is 3.43. The van der Waals surface area contributed by atoms with Crippen molar-refractivity contribution in [1.82, 2.24) is 0 Å². The van der Waals surface area contributed by atoms with Crippen molar-refractivity contribution in [2.75, 3.05) is 17.2 Å². The molecule has 6 nitrogen and oxygen atoms in total. The molecule has 2 aromatic carbocycles. The number of rotatable bonds is 7. The number of ether oxygens (including phenoxy) is 1. The van der Waals surface area contributed by atoms with Gasteiger partial charge in [-0.25, -0.2) is 4.79 Å². The number of carbonyl (C=O) groups is 3. The first-order valence-electron chi connectivity index (χ1n) is 7.75. The Morgan fingerprint density at radius 2 is 1.69 bits per heavy atom. The van der Waals surface area contributed by atoms with E-state index in [2.05, 4.69) is 10.6 Å². The van der Waals surface area contributed by atoms with Crippen molar-refractivity contribution in [3.05, 3.63) is 66.1 Å². The Bertz CT molecular complexity index is 806. The summed E-state index contributed by atoms with van der Waals surface area (Å²) in [6.07, 6.45) is 1.27. The minimum absolute atomic E-state index is 0.206. The van der Waals surface area contributed by atoms with Gasteiger partial charge in [-0.3, -0.25) is 9.59 Å². The SMILES string of the molecule is CC(=O)Nc1cccc(NC(=O)COC(=O)/C=C/Sc2ccccc2)c1. The molecule has 0 heterocycles. The third-order valence-electron chi connectivity index (χ3n) is 2.96. The number of anilines is 2. The summed E-state index contributed by atoms with van der Waals surface area (Å²) >= 11 is 1.38. The van der Waals surface area contributed by atoms with Crippen LogP contribution in [0.15, 0.2) is 71.0 Å². The number of hydrogen-bond acceptors (Lipinski definition) is 5. The van der Waals surface area contributed by atoms with Gasteiger partial charge in [0, 0.05) is 29.3 Å². The summed E-state index contributed by atoms with van der Waals surface area (Å²) in [6, 6.07) is 16.2. The van der Waals surface area contributed by atoms with Crippen molar-refractivity contribution in [3.8, 4) is 0 Å². The van der Waals surface area contributed by atoms with Gasteiger partial charge in [0.25, 0.3) is 5.91 Å². The van der Waals surface area contributed by atoms with Crippen molar-refractivity contribution < 1.29 is 19.1 Å². The monoisotopic (exact) mass is 370 g/mol. The van der Waals surface area contributed by atoms with E-state index in [4.69, 9.17) is 4.74 Å². The summed E-state index contributed by atoms with van der Waals surface area (Å²) in [5, 5.41) is 6.82.